The van der Waals surface area contributed by atoms with Crippen LogP contribution in [0.15, 0.2) is 225 Å². The fraction of sp³-hybridized carbons (Fsp3) is 0. The van der Waals surface area contributed by atoms with E-state index in [9.17, 15) is 0 Å². The standard InChI is InChI=1S/C57H37N3/c1-2-17-48-40(13-1)14-12-22-49(48)42-16-11-15-41(31-42)45-32-44(36-58-37-45)39-29-27-38(28-30-39)43-33-46(59-54-23-7-3-18-50(54)51-19-4-8-24-55(51)59)35-47(34-43)60-56-25-9-5-20-52(56)53-21-6-10-26-57(53)60/h1-37H. The molecular weight excluding hydrogens is 727 g/mol. The van der Waals surface area contributed by atoms with Gasteiger partial charge in [-0.2, -0.15) is 0 Å². The number of benzene rings is 9. The minimum absolute atomic E-state index is 1.08. The maximum Gasteiger partial charge on any atom is 0.0541 e. The van der Waals surface area contributed by atoms with Crippen molar-refractivity contribution in [3.8, 4) is 55.9 Å². The molecule has 0 saturated carbocycles. The number of hydrogen-bond donors (Lipinski definition) is 0. The highest BCUT2D eigenvalue weighted by Crippen LogP contribution is 2.39. The molecule has 0 saturated heterocycles. The molecule has 0 aliphatic carbocycles. The topological polar surface area (TPSA) is 22.8 Å². The average molecular weight is 764 g/mol. The van der Waals surface area contributed by atoms with E-state index < -0.39 is 0 Å². The minimum atomic E-state index is 1.08. The van der Waals surface area contributed by atoms with E-state index in [-0.39, 0.29) is 0 Å². The first-order valence-corrected chi connectivity index (χ1v) is 20.5. The van der Waals surface area contributed by atoms with E-state index in [0.29, 0.717) is 0 Å². The van der Waals surface area contributed by atoms with Crippen LogP contribution in [0.3, 0.4) is 0 Å². The minimum Gasteiger partial charge on any atom is -0.309 e. The molecule has 3 aromatic heterocycles. The monoisotopic (exact) mass is 763 g/mol. The predicted octanol–water partition coefficient (Wildman–Crippen LogP) is 15.1. The second-order valence-electron chi connectivity index (χ2n) is 15.6. The second kappa shape index (κ2) is 13.8. The number of aromatic nitrogens is 3. The third-order valence-electron chi connectivity index (χ3n) is 12.2. The van der Waals surface area contributed by atoms with Gasteiger partial charge in [0.05, 0.1) is 22.1 Å². The molecular formula is C57H37N3. The summed E-state index contributed by atoms with van der Waals surface area (Å²) in [5.41, 5.74) is 16.2. The van der Waals surface area contributed by atoms with E-state index in [2.05, 4.69) is 221 Å². The highest BCUT2D eigenvalue weighted by atomic mass is 15.0. The summed E-state index contributed by atoms with van der Waals surface area (Å²) in [6.07, 6.45) is 3.94. The van der Waals surface area contributed by atoms with Crippen molar-refractivity contribution in [3.05, 3.63) is 225 Å². The largest absolute Gasteiger partial charge is 0.309 e. The number of rotatable bonds is 6. The SMILES string of the molecule is c1cc(-c2cncc(-c3ccc(-c4cc(-n5c6ccccc6c6ccccc65)cc(-n5c6ccccc6c6ccccc65)c4)cc3)c2)cc(-c2cccc3ccccc23)c1. The first kappa shape index (κ1) is 34.1. The van der Waals surface area contributed by atoms with Gasteiger partial charge in [0.15, 0.2) is 0 Å². The summed E-state index contributed by atoms with van der Waals surface area (Å²) in [6, 6.07) is 77.1. The smallest absolute Gasteiger partial charge is 0.0541 e. The summed E-state index contributed by atoms with van der Waals surface area (Å²) in [7, 11) is 0. The molecule has 0 radical (unpaired) electrons. The average Bonchev–Trinajstić information content (AvgIpc) is 3.85. The Balaban J connectivity index is 0.978. The number of nitrogens with zero attached hydrogens (tertiary/aromatic N) is 3. The first-order chi connectivity index (χ1) is 29.7. The molecule has 3 heteroatoms. The van der Waals surface area contributed by atoms with Crippen LogP contribution in [-0.2, 0) is 0 Å². The van der Waals surface area contributed by atoms with E-state index in [0.717, 1.165) is 44.8 Å². The molecule has 0 spiro atoms. The summed E-state index contributed by atoms with van der Waals surface area (Å²) in [5.74, 6) is 0. The molecule has 0 atom stereocenters. The Kier molecular flexibility index (Phi) is 7.85. The van der Waals surface area contributed by atoms with Crippen LogP contribution in [0.4, 0.5) is 0 Å². The van der Waals surface area contributed by atoms with E-state index in [4.69, 9.17) is 4.98 Å². The normalized spacial score (nSPS) is 11.7. The van der Waals surface area contributed by atoms with Crippen LogP contribution in [0.2, 0.25) is 0 Å². The number of fused-ring (bicyclic) bond motifs is 7. The zero-order valence-electron chi connectivity index (χ0n) is 32.7. The van der Waals surface area contributed by atoms with Crippen molar-refractivity contribution in [1.82, 2.24) is 14.1 Å². The molecule has 3 heterocycles. The Morgan fingerprint density at radius 3 is 1.25 bits per heavy atom. The van der Waals surface area contributed by atoms with Gasteiger partial charge in [0.25, 0.3) is 0 Å². The third-order valence-corrected chi connectivity index (χ3v) is 12.2. The van der Waals surface area contributed by atoms with Crippen molar-refractivity contribution >= 4 is 54.4 Å². The summed E-state index contributed by atoms with van der Waals surface area (Å²) >= 11 is 0. The van der Waals surface area contributed by atoms with Crippen LogP contribution in [0, 0.1) is 0 Å². The van der Waals surface area contributed by atoms with E-state index in [1.165, 1.54) is 65.5 Å². The maximum atomic E-state index is 4.74. The molecule has 9 aromatic carbocycles. The lowest BCUT2D eigenvalue weighted by atomic mass is 9.94. The fourth-order valence-corrected chi connectivity index (χ4v) is 9.38. The Morgan fingerprint density at radius 2 is 0.683 bits per heavy atom. The summed E-state index contributed by atoms with van der Waals surface area (Å²) in [6.45, 7) is 0. The molecule has 12 aromatic rings. The van der Waals surface area contributed by atoms with Crippen LogP contribution in [0.1, 0.15) is 0 Å². The number of para-hydroxylation sites is 4. The number of pyridine rings is 1. The molecule has 0 fully saturated rings. The van der Waals surface area contributed by atoms with Crippen LogP contribution in [-0.4, -0.2) is 14.1 Å². The predicted molar refractivity (Wildman–Crippen MR) is 252 cm³/mol. The van der Waals surface area contributed by atoms with Gasteiger partial charge in [0, 0.05) is 56.4 Å². The number of hydrogen-bond acceptors (Lipinski definition) is 1. The van der Waals surface area contributed by atoms with Crippen LogP contribution in [0.25, 0.3) is 110 Å². The molecule has 0 N–H and O–H groups in total. The third kappa shape index (κ3) is 5.55. The summed E-state index contributed by atoms with van der Waals surface area (Å²) in [5, 5.41) is 7.49. The Labute approximate surface area is 347 Å². The lowest BCUT2D eigenvalue weighted by Crippen LogP contribution is -2.00. The van der Waals surface area contributed by atoms with Crippen LogP contribution in [0.5, 0.6) is 0 Å². The zero-order valence-corrected chi connectivity index (χ0v) is 32.7. The Bertz CT molecular complexity index is 3360. The summed E-state index contributed by atoms with van der Waals surface area (Å²) < 4.78 is 4.85. The van der Waals surface area contributed by atoms with Gasteiger partial charge in [-0.15, -0.1) is 0 Å². The van der Waals surface area contributed by atoms with Crippen molar-refractivity contribution in [1.29, 1.82) is 0 Å². The Hall–Kier alpha value is -8.01. The fourth-order valence-electron chi connectivity index (χ4n) is 9.38. The zero-order chi connectivity index (χ0) is 39.6. The van der Waals surface area contributed by atoms with Crippen molar-refractivity contribution in [3.63, 3.8) is 0 Å². The molecule has 12 rings (SSSR count). The van der Waals surface area contributed by atoms with Crippen molar-refractivity contribution in [2.24, 2.45) is 0 Å². The van der Waals surface area contributed by atoms with Gasteiger partial charge in [-0.3, -0.25) is 4.98 Å². The van der Waals surface area contributed by atoms with Crippen molar-refractivity contribution in [2.45, 2.75) is 0 Å². The molecule has 60 heavy (non-hydrogen) atoms. The Morgan fingerprint density at radius 1 is 0.267 bits per heavy atom. The molecule has 0 aliphatic rings. The molecule has 0 unspecified atom stereocenters. The molecule has 0 amide bonds. The van der Waals surface area contributed by atoms with E-state index >= 15 is 0 Å². The van der Waals surface area contributed by atoms with Gasteiger partial charge in [0.2, 0.25) is 0 Å². The van der Waals surface area contributed by atoms with Gasteiger partial charge < -0.3 is 9.13 Å². The van der Waals surface area contributed by atoms with E-state index in [1.54, 1.807) is 0 Å². The summed E-state index contributed by atoms with van der Waals surface area (Å²) in [4.78, 5) is 4.74. The van der Waals surface area contributed by atoms with Gasteiger partial charge in [-0.05, 0) is 98.8 Å². The highest BCUT2D eigenvalue weighted by molar-refractivity contribution is 6.11. The van der Waals surface area contributed by atoms with Gasteiger partial charge in [-0.25, -0.2) is 0 Å². The van der Waals surface area contributed by atoms with E-state index in [1.807, 2.05) is 12.4 Å². The van der Waals surface area contributed by atoms with Gasteiger partial charge in [0.1, 0.15) is 0 Å². The molecule has 0 bridgehead atoms. The molecule has 0 aliphatic heterocycles. The van der Waals surface area contributed by atoms with Crippen LogP contribution < -0.4 is 0 Å². The lowest BCUT2D eigenvalue weighted by molar-refractivity contribution is 1.13. The van der Waals surface area contributed by atoms with Crippen molar-refractivity contribution in [2.75, 3.05) is 0 Å². The van der Waals surface area contributed by atoms with Gasteiger partial charge in [-0.1, -0.05) is 158 Å². The van der Waals surface area contributed by atoms with Crippen LogP contribution >= 0.6 is 0 Å². The second-order valence-corrected chi connectivity index (χ2v) is 15.6. The first-order valence-electron chi connectivity index (χ1n) is 20.5. The highest BCUT2D eigenvalue weighted by Gasteiger charge is 2.17. The maximum absolute atomic E-state index is 4.74. The molecule has 280 valence electrons. The van der Waals surface area contributed by atoms with Gasteiger partial charge >= 0.3 is 0 Å². The quantitative estimate of drug-likeness (QED) is 0.165. The van der Waals surface area contributed by atoms with Crippen molar-refractivity contribution < 1.29 is 0 Å². The molecule has 3 nitrogen and oxygen atoms in total. The lowest BCUT2D eigenvalue weighted by Gasteiger charge is -2.16.